The third kappa shape index (κ3) is 4.15. The van der Waals surface area contributed by atoms with E-state index in [0.717, 1.165) is 18.4 Å². The van der Waals surface area contributed by atoms with Gasteiger partial charge in [-0.15, -0.1) is 0 Å². The predicted molar refractivity (Wildman–Crippen MR) is 116 cm³/mol. The smallest absolute Gasteiger partial charge is 0.258 e. The summed E-state index contributed by atoms with van der Waals surface area (Å²) in [6.07, 6.45) is 3.27. The van der Waals surface area contributed by atoms with Gasteiger partial charge in [-0.25, -0.2) is 0 Å². The molecule has 0 aliphatic carbocycles. The van der Waals surface area contributed by atoms with E-state index < -0.39 is 0 Å². The van der Waals surface area contributed by atoms with Crippen molar-refractivity contribution in [1.82, 2.24) is 9.88 Å². The van der Waals surface area contributed by atoms with E-state index in [1.165, 1.54) is 14.2 Å². The minimum atomic E-state index is -0.229. The third-order valence-electron chi connectivity index (χ3n) is 5.16. The minimum Gasteiger partial charge on any atom is -0.493 e. The fourth-order valence-corrected chi connectivity index (χ4v) is 4.16. The zero-order valence-corrected chi connectivity index (χ0v) is 18.0. The number of thiophene rings is 1. The van der Waals surface area contributed by atoms with Crippen LogP contribution in [-0.4, -0.2) is 24.7 Å². The molecule has 154 valence electrons. The van der Waals surface area contributed by atoms with Crippen molar-refractivity contribution in [3.63, 3.8) is 0 Å². The number of rotatable bonds is 8. The normalized spacial score (nSPS) is 11.1. The van der Waals surface area contributed by atoms with Gasteiger partial charge in [0.1, 0.15) is 0 Å². The van der Waals surface area contributed by atoms with Gasteiger partial charge >= 0.3 is 0 Å². The molecule has 2 heterocycles. The van der Waals surface area contributed by atoms with Gasteiger partial charge in [0.25, 0.3) is 11.5 Å². The molecule has 0 spiro atoms. The minimum absolute atomic E-state index is 0.0171. The van der Waals surface area contributed by atoms with Crippen molar-refractivity contribution in [2.45, 2.75) is 39.3 Å². The molecule has 0 fully saturated rings. The molecule has 0 bridgehead atoms. The molecule has 0 aliphatic heterocycles. The van der Waals surface area contributed by atoms with Crippen LogP contribution in [0.2, 0.25) is 0 Å². The number of pyridine rings is 1. The van der Waals surface area contributed by atoms with E-state index in [4.69, 9.17) is 9.47 Å². The number of nitrogens with one attached hydrogen (secondary N) is 1. The Morgan fingerprint density at radius 1 is 1.14 bits per heavy atom. The van der Waals surface area contributed by atoms with Crippen molar-refractivity contribution in [1.29, 1.82) is 0 Å². The van der Waals surface area contributed by atoms with Crippen LogP contribution in [0.5, 0.6) is 11.5 Å². The zero-order valence-electron chi connectivity index (χ0n) is 17.2. The highest BCUT2D eigenvalue weighted by Crippen LogP contribution is 2.33. The van der Waals surface area contributed by atoms with Crippen LogP contribution in [-0.2, 0) is 6.54 Å². The van der Waals surface area contributed by atoms with Crippen LogP contribution in [0.25, 0.3) is 10.8 Å². The van der Waals surface area contributed by atoms with Crippen molar-refractivity contribution < 1.29 is 14.3 Å². The molecule has 2 aromatic heterocycles. The van der Waals surface area contributed by atoms with E-state index in [-0.39, 0.29) is 17.5 Å². The fraction of sp³-hybridized carbons (Fsp3) is 0.364. The van der Waals surface area contributed by atoms with Gasteiger partial charge in [0, 0.05) is 24.2 Å². The molecule has 0 saturated carbocycles. The Labute approximate surface area is 174 Å². The number of carbonyl (C=O) groups excluding carboxylic acids is 1. The van der Waals surface area contributed by atoms with Gasteiger partial charge in [-0.2, -0.15) is 11.3 Å². The molecule has 0 radical (unpaired) electrons. The Morgan fingerprint density at radius 3 is 2.34 bits per heavy atom. The summed E-state index contributed by atoms with van der Waals surface area (Å²) < 4.78 is 12.4. The molecule has 1 N–H and O–H groups in total. The van der Waals surface area contributed by atoms with E-state index >= 15 is 0 Å². The van der Waals surface area contributed by atoms with Crippen LogP contribution in [0.1, 0.15) is 48.7 Å². The lowest BCUT2D eigenvalue weighted by Gasteiger charge is -2.20. The molecule has 3 aromatic rings. The van der Waals surface area contributed by atoms with Gasteiger partial charge in [0.05, 0.1) is 25.2 Å². The summed E-state index contributed by atoms with van der Waals surface area (Å²) in [5.74, 6) is 0.712. The average Bonchev–Trinajstić information content (AvgIpc) is 3.27. The second-order valence-electron chi connectivity index (χ2n) is 6.79. The van der Waals surface area contributed by atoms with Crippen molar-refractivity contribution in [2.75, 3.05) is 14.2 Å². The maximum absolute atomic E-state index is 13.2. The summed E-state index contributed by atoms with van der Waals surface area (Å²) in [6, 6.07) is 5.35. The van der Waals surface area contributed by atoms with Gasteiger partial charge in [-0.05, 0) is 47.4 Å². The molecule has 0 atom stereocenters. The second kappa shape index (κ2) is 9.13. The Kier molecular flexibility index (Phi) is 6.59. The van der Waals surface area contributed by atoms with Crippen molar-refractivity contribution in [3.8, 4) is 11.5 Å². The van der Waals surface area contributed by atoms with Crippen molar-refractivity contribution >= 4 is 28.0 Å². The first kappa shape index (κ1) is 20.9. The number of carbonyl (C=O) groups is 1. The Balaban J connectivity index is 2.17. The second-order valence-corrected chi connectivity index (χ2v) is 7.57. The lowest BCUT2D eigenvalue weighted by atomic mass is 10.0. The van der Waals surface area contributed by atoms with Crippen molar-refractivity contribution in [3.05, 3.63) is 56.6 Å². The number of amides is 1. The molecular formula is C22H26N2O4S. The molecule has 0 saturated heterocycles. The number of hydrogen-bond donors (Lipinski definition) is 1. The highest BCUT2D eigenvalue weighted by molar-refractivity contribution is 7.07. The first-order valence-corrected chi connectivity index (χ1v) is 10.6. The Hall–Kier alpha value is -2.80. The average molecular weight is 415 g/mol. The summed E-state index contributed by atoms with van der Waals surface area (Å²) in [5.41, 5.74) is 1.35. The molecule has 1 aromatic carbocycles. The van der Waals surface area contributed by atoms with Crippen LogP contribution in [0.15, 0.2) is 40.0 Å². The van der Waals surface area contributed by atoms with Gasteiger partial charge in [-0.3, -0.25) is 9.59 Å². The van der Waals surface area contributed by atoms with Crippen LogP contribution >= 0.6 is 11.3 Å². The summed E-state index contributed by atoms with van der Waals surface area (Å²) in [7, 11) is 3.06. The molecule has 29 heavy (non-hydrogen) atoms. The quantitative estimate of drug-likeness (QED) is 0.594. The Morgan fingerprint density at radius 2 is 1.79 bits per heavy atom. The van der Waals surface area contributed by atoms with E-state index in [1.807, 2.05) is 30.7 Å². The third-order valence-corrected chi connectivity index (χ3v) is 5.89. The molecule has 6 nitrogen and oxygen atoms in total. The van der Waals surface area contributed by atoms with Gasteiger partial charge in [0.15, 0.2) is 11.5 Å². The van der Waals surface area contributed by atoms with Gasteiger partial charge in [0.2, 0.25) is 0 Å². The SMILES string of the molecule is CCC(CC)n1cc(C(=O)NCc2ccsc2)c2cc(OC)c(OC)cc2c1=O. The summed E-state index contributed by atoms with van der Waals surface area (Å²) in [4.78, 5) is 26.3. The summed E-state index contributed by atoms with van der Waals surface area (Å²) in [5, 5.41) is 7.93. The Bertz CT molecular complexity index is 1050. The van der Waals surface area contributed by atoms with Crippen LogP contribution < -0.4 is 20.3 Å². The number of aromatic nitrogens is 1. The van der Waals surface area contributed by atoms with Crippen LogP contribution in [0.3, 0.4) is 0 Å². The monoisotopic (exact) mass is 414 g/mol. The topological polar surface area (TPSA) is 69.6 Å². The molecule has 0 unspecified atom stereocenters. The number of fused-ring (bicyclic) bond motifs is 1. The van der Waals surface area contributed by atoms with E-state index in [2.05, 4.69) is 5.32 Å². The summed E-state index contributed by atoms with van der Waals surface area (Å²) in [6.45, 7) is 4.51. The molecule has 1 amide bonds. The van der Waals surface area contributed by atoms with Crippen LogP contribution in [0.4, 0.5) is 0 Å². The molecular weight excluding hydrogens is 388 g/mol. The van der Waals surface area contributed by atoms with E-state index in [1.54, 1.807) is 34.2 Å². The maximum Gasteiger partial charge on any atom is 0.258 e. The number of hydrogen-bond acceptors (Lipinski definition) is 5. The standard InChI is InChI=1S/C22H26N2O4S/c1-5-15(6-2)24-12-18(21(25)23-11-14-7-8-29-13-14)16-9-19(27-3)20(28-4)10-17(16)22(24)26/h7-10,12-13,15H,5-6,11H2,1-4H3,(H,23,25). The highest BCUT2D eigenvalue weighted by atomic mass is 32.1. The predicted octanol–water partition coefficient (Wildman–Crippen LogP) is 4.37. The fourth-order valence-electron chi connectivity index (χ4n) is 3.49. The largest absolute Gasteiger partial charge is 0.493 e. The lowest BCUT2D eigenvalue weighted by Crippen LogP contribution is -2.29. The van der Waals surface area contributed by atoms with Crippen molar-refractivity contribution in [2.24, 2.45) is 0 Å². The zero-order chi connectivity index (χ0) is 21.0. The first-order chi connectivity index (χ1) is 14.0. The van der Waals surface area contributed by atoms with E-state index in [9.17, 15) is 9.59 Å². The van der Waals surface area contributed by atoms with Gasteiger partial charge < -0.3 is 19.4 Å². The number of benzene rings is 1. The highest BCUT2D eigenvalue weighted by Gasteiger charge is 2.20. The maximum atomic E-state index is 13.2. The molecule has 3 rings (SSSR count). The molecule has 0 aliphatic rings. The van der Waals surface area contributed by atoms with E-state index in [0.29, 0.717) is 34.4 Å². The summed E-state index contributed by atoms with van der Waals surface area (Å²) >= 11 is 1.59. The lowest BCUT2D eigenvalue weighted by molar-refractivity contribution is 0.0951. The van der Waals surface area contributed by atoms with Gasteiger partial charge in [-0.1, -0.05) is 13.8 Å². The first-order valence-electron chi connectivity index (χ1n) is 9.64. The molecule has 7 heteroatoms. The number of methoxy groups -OCH3 is 2. The number of nitrogens with zero attached hydrogens (tertiary/aromatic N) is 1. The number of ether oxygens (including phenoxy) is 2. The van der Waals surface area contributed by atoms with Crippen LogP contribution in [0, 0.1) is 0 Å².